The van der Waals surface area contributed by atoms with Crippen LogP contribution < -0.4 is 0 Å². The van der Waals surface area contributed by atoms with Crippen LogP contribution in [-0.4, -0.2) is 5.78 Å². The van der Waals surface area contributed by atoms with Crippen molar-refractivity contribution in [3.63, 3.8) is 0 Å². The number of ketones is 1. The SMILES string of the molecule is C=C1CCCCC1CC(C)=O. The minimum atomic E-state index is 0.304. The molecule has 1 aliphatic rings. The average molecular weight is 152 g/mol. The predicted octanol–water partition coefficient (Wildman–Crippen LogP) is 2.71. The lowest BCUT2D eigenvalue weighted by Crippen LogP contribution is -2.12. The lowest BCUT2D eigenvalue weighted by Gasteiger charge is -2.23. The topological polar surface area (TPSA) is 17.1 Å². The molecular formula is C10H16O. The van der Waals surface area contributed by atoms with Crippen molar-refractivity contribution < 1.29 is 4.79 Å². The van der Waals surface area contributed by atoms with Gasteiger partial charge in [-0.05, 0) is 32.1 Å². The Morgan fingerprint density at radius 1 is 1.64 bits per heavy atom. The Labute approximate surface area is 68.5 Å². The van der Waals surface area contributed by atoms with Gasteiger partial charge in [0.15, 0.2) is 0 Å². The summed E-state index contributed by atoms with van der Waals surface area (Å²) in [6, 6.07) is 0. The first-order valence-corrected chi connectivity index (χ1v) is 4.37. The molecule has 1 atom stereocenters. The fraction of sp³-hybridized carbons (Fsp3) is 0.700. The van der Waals surface area contributed by atoms with Crippen LogP contribution in [0.1, 0.15) is 39.0 Å². The van der Waals surface area contributed by atoms with Crippen molar-refractivity contribution in [3.05, 3.63) is 12.2 Å². The quantitative estimate of drug-likeness (QED) is 0.556. The highest BCUT2D eigenvalue weighted by atomic mass is 16.1. The van der Waals surface area contributed by atoms with Crippen molar-refractivity contribution in [2.75, 3.05) is 0 Å². The Morgan fingerprint density at radius 3 is 2.91 bits per heavy atom. The summed E-state index contributed by atoms with van der Waals surface area (Å²) in [7, 11) is 0. The maximum Gasteiger partial charge on any atom is 0.130 e. The van der Waals surface area contributed by atoms with E-state index in [1.54, 1.807) is 6.92 Å². The van der Waals surface area contributed by atoms with Crippen LogP contribution in [0.2, 0.25) is 0 Å². The van der Waals surface area contributed by atoms with Crippen LogP contribution >= 0.6 is 0 Å². The molecule has 0 spiro atoms. The van der Waals surface area contributed by atoms with Crippen molar-refractivity contribution in [1.82, 2.24) is 0 Å². The van der Waals surface area contributed by atoms with Gasteiger partial charge in [-0.15, -0.1) is 0 Å². The van der Waals surface area contributed by atoms with Gasteiger partial charge in [0.05, 0.1) is 0 Å². The van der Waals surface area contributed by atoms with Crippen molar-refractivity contribution in [2.24, 2.45) is 5.92 Å². The number of hydrogen-bond acceptors (Lipinski definition) is 1. The number of allylic oxidation sites excluding steroid dienone is 1. The molecule has 0 saturated heterocycles. The zero-order chi connectivity index (χ0) is 8.27. The van der Waals surface area contributed by atoms with E-state index in [1.807, 2.05) is 0 Å². The summed E-state index contributed by atoms with van der Waals surface area (Å²) in [5, 5.41) is 0. The summed E-state index contributed by atoms with van der Waals surface area (Å²) in [6.45, 7) is 5.66. The molecule has 1 unspecified atom stereocenters. The van der Waals surface area contributed by atoms with Gasteiger partial charge in [0.25, 0.3) is 0 Å². The maximum atomic E-state index is 10.8. The Bertz CT molecular complexity index is 170. The molecule has 0 amide bonds. The zero-order valence-electron chi connectivity index (χ0n) is 7.23. The molecule has 1 fully saturated rings. The summed E-state index contributed by atoms with van der Waals surface area (Å²) in [5.74, 6) is 0.805. The second-order valence-corrected chi connectivity index (χ2v) is 3.51. The van der Waals surface area contributed by atoms with Crippen molar-refractivity contribution >= 4 is 5.78 Å². The number of Topliss-reactive ketones (excluding diaryl/α,β-unsaturated/α-hetero) is 1. The molecule has 1 aliphatic carbocycles. The monoisotopic (exact) mass is 152 g/mol. The van der Waals surface area contributed by atoms with Crippen LogP contribution in [0.15, 0.2) is 12.2 Å². The third-order valence-corrected chi connectivity index (χ3v) is 2.41. The van der Waals surface area contributed by atoms with E-state index >= 15 is 0 Å². The van der Waals surface area contributed by atoms with E-state index in [4.69, 9.17) is 0 Å². The van der Waals surface area contributed by atoms with E-state index in [-0.39, 0.29) is 0 Å². The van der Waals surface area contributed by atoms with Gasteiger partial charge < -0.3 is 4.79 Å². The highest BCUT2D eigenvalue weighted by Gasteiger charge is 2.17. The van der Waals surface area contributed by atoms with Gasteiger partial charge >= 0.3 is 0 Å². The van der Waals surface area contributed by atoms with Gasteiger partial charge in [0.2, 0.25) is 0 Å². The molecule has 0 bridgehead atoms. The molecule has 1 nitrogen and oxygen atoms in total. The molecule has 0 N–H and O–H groups in total. The van der Waals surface area contributed by atoms with Crippen LogP contribution in [0.3, 0.4) is 0 Å². The molecule has 1 rings (SSSR count). The first-order valence-electron chi connectivity index (χ1n) is 4.37. The van der Waals surface area contributed by atoms with Crippen molar-refractivity contribution in [1.29, 1.82) is 0 Å². The van der Waals surface area contributed by atoms with E-state index in [9.17, 15) is 4.79 Å². The molecule has 0 aromatic rings. The zero-order valence-corrected chi connectivity index (χ0v) is 7.23. The van der Waals surface area contributed by atoms with Crippen LogP contribution in [0, 0.1) is 5.92 Å². The Morgan fingerprint density at radius 2 is 2.36 bits per heavy atom. The van der Waals surface area contributed by atoms with Crippen molar-refractivity contribution in [3.8, 4) is 0 Å². The summed E-state index contributed by atoms with van der Waals surface area (Å²) in [4.78, 5) is 10.8. The summed E-state index contributed by atoms with van der Waals surface area (Å²) < 4.78 is 0. The number of carbonyl (C=O) groups excluding carboxylic acids is 1. The minimum absolute atomic E-state index is 0.304. The lowest BCUT2D eigenvalue weighted by atomic mass is 9.82. The number of rotatable bonds is 2. The van der Waals surface area contributed by atoms with Gasteiger partial charge in [-0.25, -0.2) is 0 Å². The van der Waals surface area contributed by atoms with E-state index in [0.29, 0.717) is 11.7 Å². The van der Waals surface area contributed by atoms with Gasteiger partial charge in [0.1, 0.15) is 5.78 Å². The third kappa shape index (κ3) is 2.49. The fourth-order valence-electron chi connectivity index (χ4n) is 1.74. The molecule has 0 aromatic heterocycles. The minimum Gasteiger partial charge on any atom is -0.300 e. The Kier molecular flexibility index (Phi) is 2.86. The largest absolute Gasteiger partial charge is 0.300 e. The lowest BCUT2D eigenvalue weighted by molar-refractivity contribution is -0.117. The third-order valence-electron chi connectivity index (χ3n) is 2.41. The van der Waals surface area contributed by atoms with Crippen molar-refractivity contribution in [2.45, 2.75) is 39.0 Å². The Hall–Kier alpha value is -0.590. The molecule has 1 saturated carbocycles. The molecule has 0 heterocycles. The van der Waals surface area contributed by atoms with Gasteiger partial charge in [-0.3, -0.25) is 0 Å². The maximum absolute atomic E-state index is 10.8. The highest BCUT2D eigenvalue weighted by Crippen LogP contribution is 2.30. The van der Waals surface area contributed by atoms with E-state index in [0.717, 1.165) is 12.8 Å². The second kappa shape index (κ2) is 3.70. The molecule has 62 valence electrons. The van der Waals surface area contributed by atoms with E-state index < -0.39 is 0 Å². The normalized spacial score (nSPS) is 25.2. The molecular weight excluding hydrogens is 136 g/mol. The smallest absolute Gasteiger partial charge is 0.130 e. The van der Waals surface area contributed by atoms with E-state index in [1.165, 1.54) is 24.8 Å². The summed E-state index contributed by atoms with van der Waals surface area (Å²) >= 11 is 0. The van der Waals surface area contributed by atoms with Crippen LogP contribution in [0.25, 0.3) is 0 Å². The Balaban J connectivity index is 2.42. The second-order valence-electron chi connectivity index (χ2n) is 3.51. The first-order chi connectivity index (χ1) is 5.20. The number of hydrogen-bond donors (Lipinski definition) is 0. The first kappa shape index (κ1) is 8.51. The van der Waals surface area contributed by atoms with Crippen LogP contribution in [-0.2, 0) is 4.79 Å². The molecule has 0 radical (unpaired) electrons. The van der Waals surface area contributed by atoms with Crippen LogP contribution in [0.4, 0.5) is 0 Å². The predicted molar refractivity (Wildman–Crippen MR) is 46.4 cm³/mol. The van der Waals surface area contributed by atoms with Gasteiger partial charge in [-0.2, -0.15) is 0 Å². The molecule has 11 heavy (non-hydrogen) atoms. The van der Waals surface area contributed by atoms with Gasteiger partial charge in [-0.1, -0.05) is 18.6 Å². The highest BCUT2D eigenvalue weighted by molar-refractivity contribution is 5.76. The van der Waals surface area contributed by atoms with Crippen LogP contribution in [0.5, 0.6) is 0 Å². The molecule has 1 heteroatoms. The van der Waals surface area contributed by atoms with Gasteiger partial charge in [0, 0.05) is 6.42 Å². The standard InChI is InChI=1S/C10H16O/c1-8-5-3-4-6-10(8)7-9(2)11/h10H,1,3-7H2,2H3. The molecule has 0 aromatic carbocycles. The summed E-state index contributed by atoms with van der Waals surface area (Å²) in [5.41, 5.74) is 1.30. The fourth-order valence-corrected chi connectivity index (χ4v) is 1.74. The number of carbonyl (C=O) groups is 1. The van der Waals surface area contributed by atoms with E-state index in [2.05, 4.69) is 6.58 Å². The summed E-state index contributed by atoms with van der Waals surface area (Å²) in [6.07, 6.45) is 5.58. The average Bonchev–Trinajstić information content (AvgIpc) is 1.93. The molecule has 0 aliphatic heterocycles.